The fourth-order valence-electron chi connectivity index (χ4n) is 5.34. The van der Waals surface area contributed by atoms with E-state index in [1.807, 2.05) is 0 Å². The lowest BCUT2D eigenvalue weighted by molar-refractivity contribution is 1.31. The van der Waals surface area contributed by atoms with Crippen LogP contribution in [0.25, 0.3) is 0 Å². The second-order valence-electron chi connectivity index (χ2n) is 8.81. The van der Waals surface area contributed by atoms with Gasteiger partial charge in [-0.25, -0.2) is 0 Å². The predicted molar refractivity (Wildman–Crippen MR) is 150 cm³/mol. The average Bonchev–Trinajstić information content (AvgIpc) is 2.89. The van der Waals surface area contributed by atoms with E-state index in [-0.39, 0.29) is 0 Å². The van der Waals surface area contributed by atoms with Gasteiger partial charge < -0.3 is 4.90 Å². The largest absolute Gasteiger partial charge is 0.308 e. The van der Waals surface area contributed by atoms with Gasteiger partial charge in [0.25, 0.3) is 0 Å². The number of hydrogen-bond acceptors (Lipinski definition) is 1. The van der Waals surface area contributed by atoms with Crippen molar-refractivity contribution in [2.24, 2.45) is 0 Å². The summed E-state index contributed by atoms with van der Waals surface area (Å²) in [4.78, 5) is 2.55. The van der Waals surface area contributed by atoms with E-state index in [9.17, 15) is 0 Å². The average molecular weight is 471 g/mol. The first-order valence-corrected chi connectivity index (χ1v) is 14.3. The van der Waals surface area contributed by atoms with Gasteiger partial charge in [-0.15, -0.1) is 0 Å². The summed E-state index contributed by atoms with van der Waals surface area (Å²) in [7, 11) is -1.28. The lowest BCUT2D eigenvalue weighted by Gasteiger charge is -2.45. The molecule has 3 heteroatoms. The lowest BCUT2D eigenvalue weighted by atomic mass is 10.1. The van der Waals surface area contributed by atoms with Crippen molar-refractivity contribution in [2.75, 3.05) is 4.90 Å². The molecule has 2 atom stereocenters. The molecule has 0 aromatic heterocycles. The maximum absolute atomic E-state index is 2.55. The maximum atomic E-state index is 2.55. The lowest BCUT2D eigenvalue weighted by Crippen LogP contribution is -2.43. The summed E-state index contributed by atoms with van der Waals surface area (Å²) >= 11 is 0. The van der Waals surface area contributed by atoms with Crippen LogP contribution in [0.4, 0.5) is 17.1 Å². The third-order valence-corrected chi connectivity index (χ3v) is 11.7. The fourth-order valence-corrected chi connectivity index (χ4v) is 10.8. The van der Waals surface area contributed by atoms with Crippen molar-refractivity contribution in [3.63, 3.8) is 0 Å². The van der Waals surface area contributed by atoms with Crippen molar-refractivity contribution in [1.29, 1.82) is 0 Å². The van der Waals surface area contributed by atoms with E-state index in [1.165, 1.54) is 54.5 Å². The molecule has 162 valence electrons. The van der Waals surface area contributed by atoms with Crippen molar-refractivity contribution in [2.45, 2.75) is 6.92 Å². The second-order valence-corrected chi connectivity index (χ2v) is 13.1. The molecule has 0 amide bonds. The predicted octanol–water partition coefficient (Wildman–Crippen LogP) is 5.61. The molecule has 5 aromatic rings. The molecule has 34 heavy (non-hydrogen) atoms. The van der Waals surface area contributed by atoms with Crippen LogP contribution in [0.15, 0.2) is 121 Å². The van der Waals surface area contributed by atoms with Crippen LogP contribution in [-0.2, 0) is 0 Å². The highest BCUT2D eigenvalue weighted by Gasteiger charge is 2.40. The number of anilines is 3. The van der Waals surface area contributed by atoms with Gasteiger partial charge in [0.2, 0.25) is 0 Å². The molecule has 0 bridgehead atoms. The molecule has 1 nitrogen and oxygen atoms in total. The Hall–Kier alpha value is -3.24. The number of para-hydroxylation sites is 2. The summed E-state index contributed by atoms with van der Waals surface area (Å²) in [5.74, 6) is 0. The number of hydrogen-bond donors (Lipinski definition) is 0. The summed E-state index contributed by atoms with van der Waals surface area (Å²) in [5, 5.41) is 8.67. The summed E-state index contributed by atoms with van der Waals surface area (Å²) in [6.07, 6.45) is 0. The number of fused-ring (bicyclic) bond motifs is 4. The minimum absolute atomic E-state index is 0.638. The smallest absolute Gasteiger partial charge is 0.0629 e. The van der Waals surface area contributed by atoms with Gasteiger partial charge in [0.1, 0.15) is 0 Å². The molecule has 7 rings (SSSR count). The first kappa shape index (κ1) is 20.2. The van der Waals surface area contributed by atoms with Crippen molar-refractivity contribution >= 4 is 64.7 Å². The second kappa shape index (κ2) is 7.92. The zero-order valence-corrected chi connectivity index (χ0v) is 20.7. The van der Waals surface area contributed by atoms with E-state index in [2.05, 4.69) is 133 Å². The van der Waals surface area contributed by atoms with E-state index < -0.39 is 15.8 Å². The van der Waals surface area contributed by atoms with Crippen LogP contribution in [0, 0.1) is 6.92 Å². The van der Waals surface area contributed by atoms with Crippen molar-refractivity contribution in [1.82, 2.24) is 0 Å². The Morgan fingerprint density at radius 3 is 1.35 bits per heavy atom. The molecule has 0 radical (unpaired) electrons. The van der Waals surface area contributed by atoms with Gasteiger partial charge in [0.05, 0.1) is 17.1 Å². The molecule has 0 saturated carbocycles. The highest BCUT2D eigenvalue weighted by atomic mass is 31.1. The molecule has 2 heterocycles. The molecule has 5 aromatic carbocycles. The van der Waals surface area contributed by atoms with Crippen LogP contribution in [0.5, 0.6) is 0 Å². The summed E-state index contributed by atoms with van der Waals surface area (Å²) in [5.41, 5.74) is 5.41. The van der Waals surface area contributed by atoms with Gasteiger partial charge >= 0.3 is 0 Å². The minimum Gasteiger partial charge on any atom is -0.308 e. The molecular formula is C31H23NP2. The van der Waals surface area contributed by atoms with Gasteiger partial charge in [-0.05, 0) is 63.2 Å². The van der Waals surface area contributed by atoms with Crippen LogP contribution >= 0.6 is 15.8 Å². The third-order valence-electron chi connectivity index (χ3n) is 6.68. The third kappa shape index (κ3) is 2.94. The van der Waals surface area contributed by atoms with E-state index in [1.54, 1.807) is 0 Å². The number of aryl methyl sites for hydroxylation is 1. The van der Waals surface area contributed by atoms with Gasteiger partial charge in [0, 0.05) is 21.2 Å². The molecule has 0 saturated heterocycles. The van der Waals surface area contributed by atoms with Gasteiger partial charge in [-0.2, -0.15) is 0 Å². The Morgan fingerprint density at radius 2 is 0.882 bits per heavy atom. The van der Waals surface area contributed by atoms with Crippen LogP contribution in [0.1, 0.15) is 5.56 Å². The van der Waals surface area contributed by atoms with Gasteiger partial charge in [-0.3, -0.25) is 0 Å². The Morgan fingerprint density at radius 1 is 0.471 bits per heavy atom. The van der Waals surface area contributed by atoms with Crippen molar-refractivity contribution in [3.8, 4) is 0 Å². The zero-order chi connectivity index (χ0) is 22.6. The Labute approximate surface area is 203 Å². The molecule has 0 aliphatic carbocycles. The standard InChI is InChI=1S/C31H23NP2/c1-22-20-29-31-30(21-22)34(24-14-6-3-7-15-24)28-19-11-9-17-26(28)32(31)25-16-8-10-18-27(25)33(29)23-12-4-2-5-13-23/h2-21H,1H3. The highest BCUT2D eigenvalue weighted by Crippen LogP contribution is 2.54. The van der Waals surface area contributed by atoms with Crippen molar-refractivity contribution in [3.05, 3.63) is 127 Å². The fraction of sp³-hybridized carbons (Fsp3) is 0.0323. The Balaban J connectivity index is 1.60. The van der Waals surface area contributed by atoms with E-state index >= 15 is 0 Å². The van der Waals surface area contributed by atoms with Crippen LogP contribution < -0.4 is 36.7 Å². The van der Waals surface area contributed by atoms with Gasteiger partial charge in [-0.1, -0.05) is 97.1 Å². The van der Waals surface area contributed by atoms with Crippen LogP contribution in [-0.4, -0.2) is 0 Å². The number of benzene rings is 5. The SMILES string of the molecule is Cc1cc2c3c(c1)P(c1ccccc1)c1ccccc1N3c1ccccc1P2c1ccccc1. The Kier molecular flexibility index (Phi) is 4.69. The Bertz CT molecular complexity index is 1420. The van der Waals surface area contributed by atoms with E-state index in [0.717, 1.165) is 0 Å². The normalized spacial score (nSPS) is 17.5. The van der Waals surface area contributed by atoms with Crippen LogP contribution in [0.3, 0.4) is 0 Å². The van der Waals surface area contributed by atoms with Gasteiger partial charge in [0.15, 0.2) is 0 Å². The highest BCUT2D eigenvalue weighted by molar-refractivity contribution is 7.82. The summed E-state index contributed by atoms with van der Waals surface area (Å²) in [6, 6.07) is 45.2. The zero-order valence-electron chi connectivity index (χ0n) is 18.9. The molecule has 2 unspecified atom stereocenters. The topological polar surface area (TPSA) is 3.24 Å². The molecule has 0 spiro atoms. The van der Waals surface area contributed by atoms with Crippen LogP contribution in [0.2, 0.25) is 0 Å². The summed E-state index contributed by atoms with van der Waals surface area (Å²) in [6.45, 7) is 2.26. The molecule has 2 aliphatic rings. The quantitative estimate of drug-likeness (QED) is 0.297. The first-order chi connectivity index (χ1) is 16.8. The minimum atomic E-state index is -0.638. The van der Waals surface area contributed by atoms with E-state index in [4.69, 9.17) is 0 Å². The van der Waals surface area contributed by atoms with E-state index in [0.29, 0.717) is 0 Å². The maximum Gasteiger partial charge on any atom is 0.0629 e. The molecule has 0 N–H and O–H groups in total. The monoisotopic (exact) mass is 471 g/mol. The number of rotatable bonds is 2. The molecule has 0 fully saturated rings. The molecule has 2 aliphatic heterocycles. The summed E-state index contributed by atoms with van der Waals surface area (Å²) < 4.78 is 0. The molecular weight excluding hydrogens is 448 g/mol. The first-order valence-electron chi connectivity index (χ1n) is 11.6. The van der Waals surface area contributed by atoms with Crippen molar-refractivity contribution < 1.29 is 0 Å². The number of nitrogens with zero attached hydrogens (tertiary/aromatic N) is 1.